The zero-order chi connectivity index (χ0) is 21.5. The number of ether oxygens (including phenoxy) is 2. The van der Waals surface area contributed by atoms with Crippen LogP contribution in [0.3, 0.4) is 0 Å². The smallest absolute Gasteiger partial charge is 0.355 e. The van der Waals surface area contributed by atoms with E-state index in [2.05, 4.69) is 20.1 Å². The van der Waals surface area contributed by atoms with E-state index in [4.69, 9.17) is 9.47 Å². The van der Waals surface area contributed by atoms with Crippen molar-refractivity contribution in [3.8, 4) is 0 Å². The van der Waals surface area contributed by atoms with Gasteiger partial charge in [-0.3, -0.25) is 4.79 Å². The minimum Gasteiger partial charge on any atom is -0.446 e. The van der Waals surface area contributed by atoms with Gasteiger partial charge in [-0.05, 0) is 33.1 Å². The van der Waals surface area contributed by atoms with Gasteiger partial charge in [0.25, 0.3) is 0 Å². The number of hydrogen-bond donors (Lipinski definition) is 0. The molecule has 0 amide bonds. The molecule has 0 spiro atoms. The van der Waals surface area contributed by atoms with Gasteiger partial charge in [0.15, 0.2) is 0 Å². The van der Waals surface area contributed by atoms with E-state index in [1.165, 1.54) is 32.1 Å². The van der Waals surface area contributed by atoms with Crippen LogP contribution in [-0.2, 0) is 19.1 Å². The molecule has 1 unspecified atom stereocenters. The Labute approximate surface area is 172 Å². The third-order valence-electron chi connectivity index (χ3n) is 5.19. The highest BCUT2D eigenvalue weighted by molar-refractivity contribution is 5.85. The summed E-state index contributed by atoms with van der Waals surface area (Å²) in [4.78, 5) is 25.5. The van der Waals surface area contributed by atoms with Crippen LogP contribution in [0.1, 0.15) is 105 Å². The van der Waals surface area contributed by atoms with Crippen molar-refractivity contribution in [3.05, 3.63) is 25.5 Å². The Morgan fingerprint density at radius 1 is 0.821 bits per heavy atom. The van der Waals surface area contributed by atoms with E-state index in [-0.39, 0.29) is 12.4 Å². The van der Waals surface area contributed by atoms with Gasteiger partial charge in [-0.15, -0.1) is 6.58 Å². The second kappa shape index (κ2) is 14.4. The summed E-state index contributed by atoms with van der Waals surface area (Å²) in [6.07, 6.45) is 14.2. The lowest BCUT2D eigenvalue weighted by Gasteiger charge is -2.33. The van der Waals surface area contributed by atoms with Crippen molar-refractivity contribution < 1.29 is 19.1 Å². The normalized spacial score (nSPS) is 13.4. The van der Waals surface area contributed by atoms with Crippen molar-refractivity contribution in [2.75, 3.05) is 0 Å². The van der Waals surface area contributed by atoms with Crippen LogP contribution in [0.25, 0.3) is 0 Å². The van der Waals surface area contributed by atoms with Crippen molar-refractivity contribution in [1.82, 2.24) is 0 Å². The SMILES string of the molecule is C=CCC(CCCCCCCCCC)(OC(=O)C(C)(C)CCC)C(=O)OC=C. The summed E-state index contributed by atoms with van der Waals surface area (Å²) in [5.41, 5.74) is -1.96. The van der Waals surface area contributed by atoms with E-state index in [1.54, 1.807) is 6.08 Å². The van der Waals surface area contributed by atoms with Crippen LogP contribution in [-0.4, -0.2) is 17.5 Å². The van der Waals surface area contributed by atoms with Gasteiger partial charge in [0, 0.05) is 6.42 Å². The fraction of sp³-hybridized carbons (Fsp3) is 0.750. The Morgan fingerprint density at radius 3 is 1.89 bits per heavy atom. The molecule has 0 bridgehead atoms. The Bertz CT molecular complexity index is 481. The van der Waals surface area contributed by atoms with E-state index >= 15 is 0 Å². The quantitative estimate of drug-likeness (QED) is 0.117. The van der Waals surface area contributed by atoms with Crippen LogP contribution in [0.4, 0.5) is 0 Å². The highest BCUT2D eigenvalue weighted by Crippen LogP contribution is 2.32. The first-order chi connectivity index (χ1) is 13.3. The minimum atomic E-state index is -1.32. The predicted molar refractivity (Wildman–Crippen MR) is 116 cm³/mol. The van der Waals surface area contributed by atoms with E-state index in [9.17, 15) is 9.59 Å². The molecule has 0 saturated carbocycles. The molecule has 0 saturated heterocycles. The van der Waals surface area contributed by atoms with Crippen LogP contribution < -0.4 is 0 Å². The molecular weight excluding hydrogens is 352 g/mol. The van der Waals surface area contributed by atoms with E-state index in [0.29, 0.717) is 12.8 Å². The molecule has 0 heterocycles. The van der Waals surface area contributed by atoms with Crippen molar-refractivity contribution in [3.63, 3.8) is 0 Å². The van der Waals surface area contributed by atoms with Crippen LogP contribution in [0.2, 0.25) is 0 Å². The van der Waals surface area contributed by atoms with E-state index in [1.807, 2.05) is 20.8 Å². The number of rotatable bonds is 17. The Kier molecular flexibility index (Phi) is 13.6. The lowest BCUT2D eigenvalue weighted by molar-refractivity contribution is -0.186. The summed E-state index contributed by atoms with van der Waals surface area (Å²) in [6.45, 7) is 15.2. The van der Waals surface area contributed by atoms with E-state index < -0.39 is 17.0 Å². The fourth-order valence-corrected chi connectivity index (χ4v) is 3.43. The molecule has 4 heteroatoms. The largest absolute Gasteiger partial charge is 0.446 e. The zero-order valence-corrected chi connectivity index (χ0v) is 18.7. The van der Waals surface area contributed by atoms with Gasteiger partial charge in [0.05, 0.1) is 11.7 Å². The number of carbonyl (C=O) groups is 2. The molecule has 0 aliphatic carbocycles. The Morgan fingerprint density at radius 2 is 1.39 bits per heavy atom. The minimum absolute atomic E-state index is 0.240. The molecule has 0 fully saturated rings. The monoisotopic (exact) mass is 394 g/mol. The summed E-state index contributed by atoms with van der Waals surface area (Å²) in [5.74, 6) is -0.928. The molecule has 0 aromatic carbocycles. The van der Waals surface area contributed by atoms with Crippen molar-refractivity contribution in [1.29, 1.82) is 0 Å². The molecule has 0 aromatic heterocycles. The molecule has 0 N–H and O–H groups in total. The lowest BCUT2D eigenvalue weighted by atomic mass is 9.86. The second-order valence-electron chi connectivity index (χ2n) is 8.31. The van der Waals surface area contributed by atoms with Gasteiger partial charge in [-0.25, -0.2) is 4.79 Å². The molecular formula is C24H42O4. The highest BCUT2D eigenvalue weighted by atomic mass is 16.6. The highest BCUT2D eigenvalue weighted by Gasteiger charge is 2.45. The molecule has 162 valence electrons. The van der Waals surface area contributed by atoms with Gasteiger partial charge in [0.2, 0.25) is 5.60 Å². The van der Waals surface area contributed by atoms with Gasteiger partial charge < -0.3 is 9.47 Å². The lowest BCUT2D eigenvalue weighted by Crippen LogP contribution is -2.46. The molecule has 1 atom stereocenters. The van der Waals surface area contributed by atoms with E-state index in [0.717, 1.165) is 31.9 Å². The van der Waals surface area contributed by atoms with Crippen LogP contribution in [0.5, 0.6) is 0 Å². The standard InChI is InChI=1S/C24H42O4/c1-7-11-12-13-14-15-16-17-20-24(19-9-3,22(26)27-10-4)28-21(25)23(5,6)18-8-2/h9-10H,3-4,7-8,11-20H2,1-2,5-6H3. The Balaban J connectivity index is 5.02. The molecule has 0 rings (SSSR count). The predicted octanol–water partition coefficient (Wildman–Crippen LogP) is 6.89. The molecule has 0 aliphatic rings. The molecule has 0 aliphatic heterocycles. The number of unbranched alkanes of at least 4 members (excludes halogenated alkanes) is 7. The van der Waals surface area contributed by atoms with Crippen LogP contribution in [0, 0.1) is 5.41 Å². The van der Waals surface area contributed by atoms with Gasteiger partial charge in [0.1, 0.15) is 0 Å². The molecule has 0 aromatic rings. The average molecular weight is 395 g/mol. The van der Waals surface area contributed by atoms with Crippen LogP contribution >= 0.6 is 0 Å². The van der Waals surface area contributed by atoms with Crippen molar-refractivity contribution in [2.24, 2.45) is 5.41 Å². The third-order valence-corrected chi connectivity index (χ3v) is 5.19. The number of hydrogen-bond acceptors (Lipinski definition) is 4. The first-order valence-electron chi connectivity index (χ1n) is 11.0. The maximum absolute atomic E-state index is 12.8. The maximum atomic E-state index is 12.8. The summed E-state index contributed by atoms with van der Waals surface area (Å²) >= 11 is 0. The van der Waals surface area contributed by atoms with Gasteiger partial charge in [-0.1, -0.05) is 77.9 Å². The third kappa shape index (κ3) is 9.57. The average Bonchev–Trinajstić information content (AvgIpc) is 2.64. The second-order valence-corrected chi connectivity index (χ2v) is 8.31. The van der Waals surface area contributed by atoms with Gasteiger partial charge >= 0.3 is 11.9 Å². The fourth-order valence-electron chi connectivity index (χ4n) is 3.43. The first kappa shape index (κ1) is 26.4. The maximum Gasteiger partial charge on any atom is 0.355 e. The number of carbonyl (C=O) groups excluding carboxylic acids is 2. The molecule has 28 heavy (non-hydrogen) atoms. The van der Waals surface area contributed by atoms with Gasteiger partial charge in [-0.2, -0.15) is 0 Å². The topological polar surface area (TPSA) is 52.6 Å². The summed E-state index contributed by atoms with van der Waals surface area (Å²) in [5, 5.41) is 0. The summed E-state index contributed by atoms with van der Waals surface area (Å²) in [6, 6.07) is 0. The summed E-state index contributed by atoms with van der Waals surface area (Å²) < 4.78 is 10.9. The van der Waals surface area contributed by atoms with Crippen molar-refractivity contribution >= 4 is 11.9 Å². The molecule has 0 radical (unpaired) electrons. The Hall–Kier alpha value is -1.58. The zero-order valence-electron chi connectivity index (χ0n) is 18.7. The van der Waals surface area contributed by atoms with Crippen molar-refractivity contribution in [2.45, 2.75) is 110 Å². The van der Waals surface area contributed by atoms with Crippen LogP contribution in [0.15, 0.2) is 25.5 Å². The summed E-state index contributed by atoms with van der Waals surface area (Å²) in [7, 11) is 0. The molecule has 4 nitrogen and oxygen atoms in total. The first-order valence-corrected chi connectivity index (χ1v) is 11.0. The number of esters is 2.